The van der Waals surface area contributed by atoms with Gasteiger partial charge in [0.25, 0.3) is 0 Å². The van der Waals surface area contributed by atoms with Gasteiger partial charge >= 0.3 is 0 Å². The number of methoxy groups -OCH3 is 1. The Balaban J connectivity index is 1.98. The van der Waals surface area contributed by atoms with Gasteiger partial charge < -0.3 is 15.4 Å². The average Bonchev–Trinajstić information content (AvgIpc) is 3.00. The van der Waals surface area contributed by atoms with E-state index in [4.69, 9.17) is 4.74 Å². The zero-order chi connectivity index (χ0) is 15.8. The molecule has 1 fully saturated rings. The number of hydrogen-bond donors (Lipinski definition) is 2. The van der Waals surface area contributed by atoms with Crippen LogP contribution in [0.1, 0.15) is 31.7 Å². The number of rotatable bonds is 6. The Morgan fingerprint density at radius 1 is 1.50 bits per heavy atom. The Kier molecular flexibility index (Phi) is 6.83. The summed E-state index contributed by atoms with van der Waals surface area (Å²) in [5.41, 5.74) is 0.996. The SMILES string of the molecule is CCNC(=NCc1cccnc1OC)NC1CCC(SC)C1. The maximum Gasteiger partial charge on any atom is 0.218 e. The van der Waals surface area contributed by atoms with Gasteiger partial charge in [-0.3, -0.25) is 0 Å². The molecular formula is C16H26N4OS. The summed E-state index contributed by atoms with van der Waals surface area (Å²) < 4.78 is 5.28. The summed E-state index contributed by atoms with van der Waals surface area (Å²) in [6, 6.07) is 4.43. The molecule has 0 aromatic carbocycles. The van der Waals surface area contributed by atoms with Crippen molar-refractivity contribution in [2.24, 2.45) is 4.99 Å². The van der Waals surface area contributed by atoms with Crippen LogP contribution >= 0.6 is 11.8 Å². The normalized spacial score (nSPS) is 21.7. The van der Waals surface area contributed by atoms with E-state index >= 15 is 0 Å². The topological polar surface area (TPSA) is 58.5 Å². The van der Waals surface area contributed by atoms with E-state index in [1.807, 2.05) is 23.9 Å². The fourth-order valence-electron chi connectivity index (χ4n) is 2.69. The number of aromatic nitrogens is 1. The standard InChI is InChI=1S/C16H26N4OS/c1-4-17-16(20-13-7-8-14(10-13)22-3)19-11-12-6-5-9-18-15(12)21-2/h5-6,9,13-14H,4,7-8,10-11H2,1-3H3,(H2,17,19,20). The van der Waals surface area contributed by atoms with Crippen LogP contribution in [-0.2, 0) is 6.54 Å². The van der Waals surface area contributed by atoms with Gasteiger partial charge in [0, 0.05) is 29.6 Å². The third-order valence-electron chi connectivity index (χ3n) is 3.85. The summed E-state index contributed by atoms with van der Waals surface area (Å²) in [5.74, 6) is 1.52. The van der Waals surface area contributed by atoms with E-state index in [0.29, 0.717) is 18.5 Å². The molecule has 22 heavy (non-hydrogen) atoms. The number of pyridine rings is 1. The van der Waals surface area contributed by atoms with Crippen LogP contribution in [0.5, 0.6) is 5.88 Å². The lowest BCUT2D eigenvalue weighted by Crippen LogP contribution is -2.42. The molecule has 0 saturated heterocycles. The van der Waals surface area contributed by atoms with Crippen molar-refractivity contribution >= 4 is 17.7 Å². The smallest absolute Gasteiger partial charge is 0.218 e. The average molecular weight is 322 g/mol. The van der Waals surface area contributed by atoms with Crippen LogP contribution in [0.3, 0.4) is 0 Å². The van der Waals surface area contributed by atoms with Crippen LogP contribution in [0.15, 0.2) is 23.3 Å². The highest BCUT2D eigenvalue weighted by Gasteiger charge is 2.24. The van der Waals surface area contributed by atoms with Crippen molar-refractivity contribution in [1.29, 1.82) is 0 Å². The van der Waals surface area contributed by atoms with Crippen molar-refractivity contribution in [2.75, 3.05) is 19.9 Å². The molecule has 0 radical (unpaired) electrons. The molecule has 2 rings (SSSR count). The molecule has 2 atom stereocenters. The van der Waals surface area contributed by atoms with E-state index in [2.05, 4.69) is 33.8 Å². The Bertz CT molecular complexity index is 495. The quantitative estimate of drug-likeness (QED) is 0.622. The number of nitrogens with zero attached hydrogens (tertiary/aromatic N) is 2. The van der Waals surface area contributed by atoms with Gasteiger partial charge in [0.2, 0.25) is 5.88 Å². The Morgan fingerprint density at radius 3 is 3.05 bits per heavy atom. The van der Waals surface area contributed by atoms with Crippen LogP contribution in [0.2, 0.25) is 0 Å². The minimum atomic E-state index is 0.519. The van der Waals surface area contributed by atoms with E-state index in [9.17, 15) is 0 Å². The molecule has 6 heteroatoms. The number of nitrogens with one attached hydrogen (secondary N) is 2. The molecule has 1 heterocycles. The first-order valence-corrected chi connectivity index (χ1v) is 9.11. The molecule has 1 aromatic heterocycles. The summed E-state index contributed by atoms with van der Waals surface area (Å²) in [7, 11) is 1.64. The predicted octanol–water partition coefficient (Wildman–Crippen LogP) is 2.43. The van der Waals surface area contributed by atoms with Gasteiger partial charge in [-0.2, -0.15) is 11.8 Å². The third kappa shape index (κ3) is 4.80. The zero-order valence-corrected chi connectivity index (χ0v) is 14.4. The van der Waals surface area contributed by atoms with Crippen LogP contribution < -0.4 is 15.4 Å². The van der Waals surface area contributed by atoms with E-state index in [0.717, 1.165) is 23.3 Å². The molecule has 0 amide bonds. The van der Waals surface area contributed by atoms with E-state index in [1.54, 1.807) is 13.3 Å². The minimum absolute atomic E-state index is 0.519. The Labute approximate surface area is 137 Å². The summed E-state index contributed by atoms with van der Waals surface area (Å²) in [5, 5.41) is 7.65. The molecule has 1 saturated carbocycles. The first kappa shape index (κ1) is 16.9. The second kappa shape index (κ2) is 8.88. The van der Waals surface area contributed by atoms with Crippen molar-refractivity contribution in [3.05, 3.63) is 23.9 Å². The molecule has 0 aliphatic heterocycles. The summed E-state index contributed by atoms with van der Waals surface area (Å²) in [4.78, 5) is 8.88. The number of hydrogen-bond acceptors (Lipinski definition) is 4. The lowest BCUT2D eigenvalue weighted by Gasteiger charge is -2.17. The minimum Gasteiger partial charge on any atom is -0.481 e. The molecule has 2 unspecified atom stereocenters. The second-order valence-electron chi connectivity index (χ2n) is 5.38. The largest absolute Gasteiger partial charge is 0.481 e. The fraction of sp³-hybridized carbons (Fsp3) is 0.625. The number of aliphatic imine (C=N–C) groups is 1. The highest BCUT2D eigenvalue weighted by Crippen LogP contribution is 2.28. The van der Waals surface area contributed by atoms with Gasteiger partial charge in [0.05, 0.1) is 13.7 Å². The summed E-state index contributed by atoms with van der Waals surface area (Å²) in [6.45, 7) is 3.50. The lowest BCUT2D eigenvalue weighted by atomic mass is 10.2. The Hall–Kier alpha value is -1.43. The summed E-state index contributed by atoms with van der Waals surface area (Å²) >= 11 is 1.97. The van der Waals surface area contributed by atoms with Crippen molar-refractivity contribution < 1.29 is 4.74 Å². The molecule has 1 aromatic rings. The van der Waals surface area contributed by atoms with Gasteiger partial charge in [0.1, 0.15) is 0 Å². The number of ether oxygens (including phenoxy) is 1. The van der Waals surface area contributed by atoms with Gasteiger partial charge in [-0.15, -0.1) is 0 Å². The van der Waals surface area contributed by atoms with Gasteiger partial charge in [-0.1, -0.05) is 6.07 Å². The molecule has 0 spiro atoms. The van der Waals surface area contributed by atoms with Gasteiger partial charge in [-0.25, -0.2) is 9.98 Å². The van der Waals surface area contributed by atoms with Crippen LogP contribution in [0.4, 0.5) is 0 Å². The molecular weight excluding hydrogens is 296 g/mol. The maximum atomic E-state index is 5.28. The molecule has 1 aliphatic rings. The lowest BCUT2D eigenvalue weighted by molar-refractivity contribution is 0.392. The fourth-order valence-corrected chi connectivity index (χ4v) is 3.49. The highest BCUT2D eigenvalue weighted by molar-refractivity contribution is 7.99. The predicted molar refractivity (Wildman–Crippen MR) is 93.7 cm³/mol. The molecule has 122 valence electrons. The van der Waals surface area contributed by atoms with Crippen molar-refractivity contribution in [1.82, 2.24) is 15.6 Å². The Morgan fingerprint density at radius 2 is 2.36 bits per heavy atom. The first-order chi connectivity index (χ1) is 10.8. The second-order valence-corrected chi connectivity index (χ2v) is 6.52. The summed E-state index contributed by atoms with van der Waals surface area (Å²) in [6.07, 6.45) is 7.64. The van der Waals surface area contributed by atoms with E-state index in [1.165, 1.54) is 19.3 Å². The van der Waals surface area contributed by atoms with Crippen molar-refractivity contribution in [3.63, 3.8) is 0 Å². The monoisotopic (exact) mass is 322 g/mol. The van der Waals surface area contributed by atoms with Gasteiger partial charge in [-0.05, 0) is 38.5 Å². The molecule has 1 aliphatic carbocycles. The molecule has 0 bridgehead atoms. The maximum absolute atomic E-state index is 5.28. The van der Waals surface area contributed by atoms with Crippen LogP contribution in [-0.4, -0.2) is 42.1 Å². The van der Waals surface area contributed by atoms with E-state index in [-0.39, 0.29) is 0 Å². The van der Waals surface area contributed by atoms with Crippen LogP contribution in [0.25, 0.3) is 0 Å². The zero-order valence-electron chi connectivity index (χ0n) is 13.6. The highest BCUT2D eigenvalue weighted by atomic mass is 32.2. The van der Waals surface area contributed by atoms with Crippen LogP contribution in [0, 0.1) is 0 Å². The van der Waals surface area contributed by atoms with Gasteiger partial charge in [0.15, 0.2) is 5.96 Å². The third-order valence-corrected chi connectivity index (χ3v) is 4.95. The van der Waals surface area contributed by atoms with Crippen molar-refractivity contribution in [2.45, 2.75) is 44.0 Å². The van der Waals surface area contributed by atoms with Crippen molar-refractivity contribution in [3.8, 4) is 5.88 Å². The number of thioether (sulfide) groups is 1. The number of guanidine groups is 1. The molecule has 5 nitrogen and oxygen atoms in total. The molecule has 2 N–H and O–H groups in total. The first-order valence-electron chi connectivity index (χ1n) is 7.82. The van der Waals surface area contributed by atoms with E-state index < -0.39 is 0 Å².